The van der Waals surface area contributed by atoms with Crippen LogP contribution in [0.5, 0.6) is 0 Å². The number of carbonyl (C=O) groups excluding carboxylic acids is 1. The molecule has 0 saturated carbocycles. The first kappa shape index (κ1) is 18.1. The highest BCUT2D eigenvalue weighted by Crippen LogP contribution is 2.21. The van der Waals surface area contributed by atoms with Gasteiger partial charge in [-0.3, -0.25) is 4.79 Å². The van der Waals surface area contributed by atoms with Crippen molar-refractivity contribution in [1.29, 1.82) is 0 Å². The average molecular weight is 366 g/mol. The van der Waals surface area contributed by atoms with E-state index in [0.29, 0.717) is 13.0 Å². The molecule has 0 atom stereocenters. The third-order valence-corrected chi connectivity index (χ3v) is 4.89. The predicted molar refractivity (Wildman–Crippen MR) is 108 cm³/mol. The van der Waals surface area contributed by atoms with Gasteiger partial charge in [-0.25, -0.2) is 4.98 Å². The van der Waals surface area contributed by atoms with Crippen molar-refractivity contribution in [2.45, 2.75) is 26.2 Å². The van der Waals surface area contributed by atoms with Gasteiger partial charge in [0.15, 0.2) is 5.13 Å². The summed E-state index contributed by atoms with van der Waals surface area (Å²) in [5, 5.41) is 8.98. The molecule has 2 N–H and O–H groups in total. The Morgan fingerprint density at radius 3 is 2.54 bits per heavy atom. The Morgan fingerprint density at radius 1 is 1.04 bits per heavy atom. The first-order chi connectivity index (χ1) is 12.7. The fourth-order valence-corrected chi connectivity index (χ4v) is 3.34. The number of rotatable bonds is 8. The van der Waals surface area contributed by atoms with Crippen molar-refractivity contribution in [3.8, 4) is 0 Å². The van der Waals surface area contributed by atoms with Crippen LogP contribution in [0.4, 0.5) is 10.8 Å². The van der Waals surface area contributed by atoms with Crippen molar-refractivity contribution in [3.05, 3.63) is 76.8 Å². The lowest BCUT2D eigenvalue weighted by molar-refractivity contribution is -0.120. The van der Waals surface area contributed by atoms with Gasteiger partial charge in [-0.1, -0.05) is 49.4 Å². The zero-order valence-electron chi connectivity index (χ0n) is 14.9. The summed E-state index contributed by atoms with van der Waals surface area (Å²) in [5.74, 6) is 0.00470. The number of aryl methyl sites for hydroxylation is 1. The van der Waals surface area contributed by atoms with Crippen molar-refractivity contribution >= 4 is 28.1 Å². The highest BCUT2D eigenvalue weighted by atomic mass is 32.1. The van der Waals surface area contributed by atoms with Crippen LogP contribution in [0.25, 0.3) is 0 Å². The Kier molecular flexibility index (Phi) is 6.39. The second kappa shape index (κ2) is 9.15. The van der Waals surface area contributed by atoms with Gasteiger partial charge in [0.25, 0.3) is 0 Å². The fourth-order valence-electron chi connectivity index (χ4n) is 2.61. The Hall–Kier alpha value is -2.66. The van der Waals surface area contributed by atoms with Gasteiger partial charge in [0.2, 0.25) is 5.91 Å². The summed E-state index contributed by atoms with van der Waals surface area (Å²) >= 11 is 1.51. The molecule has 0 saturated heterocycles. The maximum absolute atomic E-state index is 12.1. The lowest BCUT2D eigenvalue weighted by Crippen LogP contribution is -2.27. The first-order valence-corrected chi connectivity index (χ1v) is 9.72. The molecule has 0 fully saturated rings. The molecule has 0 aliphatic heterocycles. The molecule has 2 aromatic carbocycles. The number of anilines is 2. The summed E-state index contributed by atoms with van der Waals surface area (Å²) in [6.07, 6.45) is 2.17. The number of hydrogen-bond acceptors (Lipinski definition) is 4. The van der Waals surface area contributed by atoms with E-state index >= 15 is 0 Å². The van der Waals surface area contributed by atoms with Crippen LogP contribution in [0.15, 0.2) is 60.0 Å². The summed E-state index contributed by atoms with van der Waals surface area (Å²) in [5.41, 5.74) is 4.33. The summed E-state index contributed by atoms with van der Waals surface area (Å²) in [7, 11) is 0. The van der Waals surface area contributed by atoms with Gasteiger partial charge in [-0.15, -0.1) is 11.3 Å². The zero-order chi connectivity index (χ0) is 18.2. The summed E-state index contributed by atoms with van der Waals surface area (Å²) in [6, 6.07) is 18.5. The molecule has 0 radical (unpaired) electrons. The molecule has 0 bridgehead atoms. The molecule has 1 amide bonds. The van der Waals surface area contributed by atoms with E-state index in [9.17, 15) is 4.79 Å². The third-order valence-electron chi connectivity index (χ3n) is 4.09. The lowest BCUT2D eigenvalue weighted by Gasteiger charge is -2.04. The summed E-state index contributed by atoms with van der Waals surface area (Å²) < 4.78 is 0. The van der Waals surface area contributed by atoms with Crippen LogP contribution in [0.3, 0.4) is 0 Å². The second-order valence-corrected chi connectivity index (χ2v) is 6.94. The number of carbonyl (C=O) groups is 1. The largest absolute Gasteiger partial charge is 0.355 e. The van der Waals surface area contributed by atoms with Gasteiger partial charge in [-0.2, -0.15) is 0 Å². The van der Waals surface area contributed by atoms with Crippen molar-refractivity contribution in [1.82, 2.24) is 10.3 Å². The van der Waals surface area contributed by atoms with Crippen molar-refractivity contribution in [3.63, 3.8) is 0 Å². The monoisotopic (exact) mass is 365 g/mol. The molecule has 5 heteroatoms. The minimum atomic E-state index is 0.00470. The van der Waals surface area contributed by atoms with Crippen molar-refractivity contribution in [2.75, 3.05) is 11.9 Å². The Morgan fingerprint density at radius 2 is 1.81 bits per heavy atom. The third kappa shape index (κ3) is 5.43. The van der Waals surface area contributed by atoms with Gasteiger partial charge in [0, 0.05) is 17.6 Å². The quantitative estimate of drug-likeness (QED) is 0.624. The molecule has 4 nitrogen and oxygen atoms in total. The van der Waals surface area contributed by atoms with E-state index in [2.05, 4.69) is 58.9 Å². The molecule has 0 unspecified atom stereocenters. The highest BCUT2D eigenvalue weighted by Gasteiger charge is 2.08. The molecule has 0 spiro atoms. The normalized spacial score (nSPS) is 10.5. The lowest BCUT2D eigenvalue weighted by atomic mass is 10.1. The second-order valence-electron chi connectivity index (χ2n) is 6.08. The summed E-state index contributed by atoms with van der Waals surface area (Å²) in [4.78, 5) is 16.6. The van der Waals surface area contributed by atoms with E-state index in [0.717, 1.165) is 29.4 Å². The number of nitrogens with one attached hydrogen (secondary N) is 2. The van der Waals surface area contributed by atoms with Gasteiger partial charge in [0.05, 0.1) is 12.1 Å². The maximum atomic E-state index is 12.1. The Labute approximate surface area is 158 Å². The fraction of sp³-hybridized carbons (Fsp3) is 0.238. The average Bonchev–Trinajstić information content (AvgIpc) is 3.10. The number of thiazole rings is 1. The topological polar surface area (TPSA) is 54.0 Å². The Balaban J connectivity index is 1.45. The summed E-state index contributed by atoms with van der Waals surface area (Å²) in [6.45, 7) is 2.78. The Bertz CT molecular complexity index is 828. The van der Waals surface area contributed by atoms with E-state index in [-0.39, 0.29) is 5.91 Å². The van der Waals surface area contributed by atoms with Crippen LogP contribution in [0, 0.1) is 0 Å². The van der Waals surface area contributed by atoms with Crippen LogP contribution < -0.4 is 10.6 Å². The molecule has 1 heterocycles. The van der Waals surface area contributed by atoms with Gasteiger partial charge in [-0.05, 0) is 36.1 Å². The maximum Gasteiger partial charge on any atom is 0.226 e. The number of benzene rings is 2. The van der Waals surface area contributed by atoms with Crippen molar-refractivity contribution in [2.24, 2.45) is 0 Å². The molecule has 134 valence electrons. The number of amides is 1. The molecule has 26 heavy (non-hydrogen) atoms. The van der Waals surface area contributed by atoms with Crippen LogP contribution in [-0.4, -0.2) is 17.4 Å². The molecule has 0 aliphatic carbocycles. The van der Waals surface area contributed by atoms with Gasteiger partial charge < -0.3 is 10.6 Å². The molecule has 1 aromatic heterocycles. The van der Waals surface area contributed by atoms with E-state index < -0.39 is 0 Å². The number of hydrogen-bond donors (Lipinski definition) is 2. The minimum Gasteiger partial charge on any atom is -0.355 e. The van der Waals surface area contributed by atoms with Gasteiger partial charge >= 0.3 is 0 Å². The van der Waals surface area contributed by atoms with Crippen LogP contribution in [0.2, 0.25) is 0 Å². The van der Waals surface area contributed by atoms with Crippen LogP contribution >= 0.6 is 11.3 Å². The standard InChI is InChI=1S/C21H23N3OS/c1-2-16-8-10-18(11-9-16)23-21-24-19(15-26-21)14-20(25)22-13-12-17-6-4-3-5-7-17/h3-11,15H,2,12-14H2,1H3,(H,22,25)(H,23,24). The highest BCUT2D eigenvalue weighted by molar-refractivity contribution is 7.13. The molecule has 0 aliphatic rings. The van der Waals surface area contributed by atoms with Crippen LogP contribution in [-0.2, 0) is 24.1 Å². The van der Waals surface area contributed by atoms with Crippen LogP contribution in [0.1, 0.15) is 23.7 Å². The van der Waals surface area contributed by atoms with Crippen molar-refractivity contribution < 1.29 is 4.79 Å². The first-order valence-electron chi connectivity index (χ1n) is 8.84. The molecule has 3 aromatic rings. The van der Waals surface area contributed by atoms with E-state index in [1.807, 2.05) is 23.6 Å². The number of nitrogens with zero attached hydrogens (tertiary/aromatic N) is 1. The van der Waals surface area contributed by atoms with Gasteiger partial charge in [0.1, 0.15) is 0 Å². The molecular formula is C21H23N3OS. The minimum absolute atomic E-state index is 0.00470. The number of aromatic nitrogens is 1. The smallest absolute Gasteiger partial charge is 0.226 e. The SMILES string of the molecule is CCc1ccc(Nc2nc(CC(=O)NCCc3ccccc3)cs2)cc1. The predicted octanol–water partition coefficient (Wildman–Crippen LogP) is 4.35. The van der Waals surface area contributed by atoms with E-state index in [4.69, 9.17) is 0 Å². The van der Waals surface area contributed by atoms with E-state index in [1.165, 1.54) is 22.5 Å². The van der Waals surface area contributed by atoms with E-state index in [1.54, 1.807) is 0 Å². The zero-order valence-corrected chi connectivity index (χ0v) is 15.7. The molecule has 3 rings (SSSR count). The molecular weight excluding hydrogens is 342 g/mol.